The summed E-state index contributed by atoms with van der Waals surface area (Å²) in [6.45, 7) is 18.5. The number of ether oxygens (including phenoxy) is 2. The number of amides is 1. The van der Waals surface area contributed by atoms with Gasteiger partial charge < -0.3 is 24.2 Å². The number of hydrogen-bond donors (Lipinski definition) is 0. The molecule has 0 aromatic rings. The van der Waals surface area contributed by atoms with E-state index in [2.05, 4.69) is 51.5 Å². The maximum atomic E-state index is 12.9. The van der Waals surface area contributed by atoms with Crippen molar-refractivity contribution in [2.24, 2.45) is 11.8 Å². The number of esters is 2. The van der Waals surface area contributed by atoms with Crippen molar-refractivity contribution < 1.29 is 23.9 Å². The van der Waals surface area contributed by atoms with Crippen LogP contribution in [-0.2, 0) is 23.9 Å². The summed E-state index contributed by atoms with van der Waals surface area (Å²) in [5.74, 6) is 1.29. The van der Waals surface area contributed by atoms with Gasteiger partial charge in [0.1, 0.15) is 0 Å². The normalized spacial score (nSPS) is 12.5. The summed E-state index contributed by atoms with van der Waals surface area (Å²) in [5, 5.41) is 0. The predicted octanol–water partition coefficient (Wildman–Crippen LogP) is 16.7. The van der Waals surface area contributed by atoms with Crippen molar-refractivity contribution in [3.05, 3.63) is 0 Å². The second-order valence-electron chi connectivity index (χ2n) is 21.4. The van der Waals surface area contributed by atoms with Crippen LogP contribution < -0.4 is 0 Å². The Balaban J connectivity index is 4.96. The van der Waals surface area contributed by atoms with E-state index >= 15 is 0 Å². The summed E-state index contributed by atoms with van der Waals surface area (Å²) in [5.41, 5.74) is 0. The second kappa shape index (κ2) is 51.7. The van der Waals surface area contributed by atoms with Crippen molar-refractivity contribution in [3.63, 3.8) is 0 Å². The molecule has 0 N–H and O–H groups in total. The standard InChI is InChI=1S/C60H119N3O5/c1-8-13-18-23-26-32-43-56(41-30-21-16-11-4)54-67-59(65)46-35-28-37-50-63(53-52-61(6)48-39-40-49-62(7)58(64)45-34-25-20-15-10-3)51-38-29-36-47-60(66)68-55-57(42-31-22-17-12-5)44-33-27-24-19-14-9-2/h56-57H,8-55H2,1-7H3. The highest BCUT2D eigenvalue weighted by Gasteiger charge is 2.15. The summed E-state index contributed by atoms with van der Waals surface area (Å²) in [6, 6.07) is 0. The van der Waals surface area contributed by atoms with E-state index < -0.39 is 0 Å². The molecule has 0 saturated carbocycles. The van der Waals surface area contributed by atoms with Crippen LogP contribution in [0, 0.1) is 11.8 Å². The van der Waals surface area contributed by atoms with Crippen LogP contribution in [-0.4, -0.2) is 99.1 Å². The Morgan fingerprint density at radius 2 is 0.662 bits per heavy atom. The maximum absolute atomic E-state index is 12.9. The third kappa shape index (κ3) is 45.5. The molecule has 2 atom stereocenters. The summed E-state index contributed by atoms with van der Waals surface area (Å²) in [7, 11) is 4.20. The molecule has 404 valence electrons. The Morgan fingerprint density at radius 1 is 0.338 bits per heavy atom. The minimum Gasteiger partial charge on any atom is -0.465 e. The van der Waals surface area contributed by atoms with Crippen LogP contribution in [0.3, 0.4) is 0 Å². The van der Waals surface area contributed by atoms with Crippen molar-refractivity contribution in [1.82, 2.24) is 14.7 Å². The summed E-state index contributed by atoms with van der Waals surface area (Å²) >= 11 is 0. The molecule has 8 nitrogen and oxygen atoms in total. The lowest BCUT2D eigenvalue weighted by Gasteiger charge is -2.26. The second-order valence-corrected chi connectivity index (χ2v) is 21.4. The van der Waals surface area contributed by atoms with E-state index in [0.29, 0.717) is 50.2 Å². The van der Waals surface area contributed by atoms with Gasteiger partial charge in [-0.25, -0.2) is 0 Å². The largest absolute Gasteiger partial charge is 0.465 e. The number of carbonyl (C=O) groups is 3. The molecule has 0 bridgehead atoms. The molecule has 0 saturated heterocycles. The van der Waals surface area contributed by atoms with Gasteiger partial charge in [-0.3, -0.25) is 14.4 Å². The Bertz CT molecular complexity index is 1030. The number of rotatable bonds is 54. The molecule has 0 aliphatic heterocycles. The molecule has 0 aliphatic rings. The molecule has 8 heteroatoms. The van der Waals surface area contributed by atoms with E-state index in [1.165, 1.54) is 173 Å². The van der Waals surface area contributed by atoms with E-state index in [0.717, 1.165) is 103 Å². The first kappa shape index (κ1) is 66.3. The topological polar surface area (TPSA) is 79.4 Å². The molecule has 0 spiro atoms. The zero-order valence-electron chi connectivity index (χ0n) is 47.0. The van der Waals surface area contributed by atoms with E-state index in [-0.39, 0.29) is 11.9 Å². The molecule has 68 heavy (non-hydrogen) atoms. The third-order valence-corrected chi connectivity index (χ3v) is 14.5. The first-order valence-electron chi connectivity index (χ1n) is 30.2. The Hall–Kier alpha value is -1.67. The quantitative estimate of drug-likeness (QED) is 0.0444. The fourth-order valence-electron chi connectivity index (χ4n) is 9.58. The van der Waals surface area contributed by atoms with E-state index in [1.807, 2.05) is 11.9 Å². The van der Waals surface area contributed by atoms with Crippen molar-refractivity contribution in [1.29, 1.82) is 0 Å². The fourth-order valence-corrected chi connectivity index (χ4v) is 9.58. The summed E-state index contributed by atoms with van der Waals surface area (Å²) < 4.78 is 11.8. The van der Waals surface area contributed by atoms with Gasteiger partial charge in [-0.05, 0) is 109 Å². The summed E-state index contributed by atoms with van der Waals surface area (Å²) in [6.07, 6.45) is 46.5. The van der Waals surface area contributed by atoms with Crippen LogP contribution in [0.4, 0.5) is 0 Å². The molecule has 0 radical (unpaired) electrons. The van der Waals surface area contributed by atoms with Crippen molar-refractivity contribution in [2.75, 3.05) is 66.6 Å². The van der Waals surface area contributed by atoms with Gasteiger partial charge in [0, 0.05) is 45.9 Å². The minimum absolute atomic E-state index is 0.0122. The fraction of sp³-hybridized carbons (Fsp3) is 0.950. The van der Waals surface area contributed by atoms with Crippen molar-refractivity contribution in [3.8, 4) is 0 Å². The molecule has 0 aromatic carbocycles. The SMILES string of the molecule is CCCCCCCCC(CCCCCC)COC(=O)CCCCCN(CCCCCC(=O)OCC(CCCCCC)CCCCCCCC)CCN(C)CCCCN(C)C(=O)CCCCCCC. The van der Waals surface area contributed by atoms with Crippen LogP contribution in [0.15, 0.2) is 0 Å². The van der Waals surface area contributed by atoms with Gasteiger partial charge in [-0.1, -0.05) is 202 Å². The number of likely N-dealkylation sites (N-methyl/N-ethyl adjacent to an activating group) is 1. The monoisotopic (exact) mass is 962 g/mol. The van der Waals surface area contributed by atoms with Crippen LogP contribution in [0.5, 0.6) is 0 Å². The smallest absolute Gasteiger partial charge is 0.305 e. The molecule has 0 aromatic heterocycles. The average molecular weight is 963 g/mol. The van der Waals surface area contributed by atoms with Gasteiger partial charge in [0.15, 0.2) is 0 Å². The average Bonchev–Trinajstić information content (AvgIpc) is 3.33. The first-order chi connectivity index (χ1) is 33.2. The van der Waals surface area contributed by atoms with Gasteiger partial charge in [0.2, 0.25) is 5.91 Å². The van der Waals surface area contributed by atoms with Gasteiger partial charge >= 0.3 is 11.9 Å². The Labute approximate surface area is 424 Å². The van der Waals surface area contributed by atoms with Crippen LogP contribution in [0.25, 0.3) is 0 Å². The zero-order chi connectivity index (χ0) is 50.0. The van der Waals surface area contributed by atoms with Gasteiger partial charge in [-0.15, -0.1) is 0 Å². The Kier molecular flexibility index (Phi) is 50.4. The molecule has 0 heterocycles. The van der Waals surface area contributed by atoms with E-state index in [9.17, 15) is 14.4 Å². The van der Waals surface area contributed by atoms with Crippen LogP contribution in [0.1, 0.15) is 291 Å². The lowest BCUT2D eigenvalue weighted by molar-refractivity contribution is -0.146. The zero-order valence-corrected chi connectivity index (χ0v) is 47.0. The molecule has 0 rings (SSSR count). The lowest BCUT2D eigenvalue weighted by atomic mass is 9.95. The van der Waals surface area contributed by atoms with Gasteiger partial charge in [0.05, 0.1) is 13.2 Å². The molecule has 0 aliphatic carbocycles. The Morgan fingerprint density at radius 3 is 1.09 bits per heavy atom. The van der Waals surface area contributed by atoms with Crippen molar-refractivity contribution >= 4 is 17.8 Å². The molecule has 2 unspecified atom stereocenters. The van der Waals surface area contributed by atoms with E-state index in [4.69, 9.17) is 9.47 Å². The maximum Gasteiger partial charge on any atom is 0.305 e. The van der Waals surface area contributed by atoms with Crippen LogP contribution in [0.2, 0.25) is 0 Å². The molecule has 0 fully saturated rings. The highest BCUT2D eigenvalue weighted by molar-refractivity contribution is 5.75. The molecular weight excluding hydrogens is 843 g/mol. The van der Waals surface area contributed by atoms with Gasteiger partial charge in [-0.2, -0.15) is 0 Å². The highest BCUT2D eigenvalue weighted by Crippen LogP contribution is 2.22. The minimum atomic E-state index is -0.0122. The number of nitrogens with zero attached hydrogens (tertiary/aromatic N) is 3. The number of hydrogen-bond acceptors (Lipinski definition) is 7. The summed E-state index contributed by atoms with van der Waals surface area (Å²) in [4.78, 5) is 45.3. The first-order valence-corrected chi connectivity index (χ1v) is 30.2. The number of carbonyl (C=O) groups excluding carboxylic acids is 3. The van der Waals surface area contributed by atoms with Crippen molar-refractivity contribution in [2.45, 2.75) is 291 Å². The lowest BCUT2D eigenvalue weighted by Crippen LogP contribution is -2.35. The van der Waals surface area contributed by atoms with E-state index in [1.54, 1.807) is 0 Å². The number of unbranched alkanes of at least 4 members (excludes halogenated alkanes) is 25. The van der Waals surface area contributed by atoms with Gasteiger partial charge in [0.25, 0.3) is 0 Å². The highest BCUT2D eigenvalue weighted by atomic mass is 16.5. The molecule has 1 amide bonds. The molecular formula is C60H119N3O5. The van der Waals surface area contributed by atoms with Crippen LogP contribution >= 0.6 is 0 Å². The third-order valence-electron chi connectivity index (χ3n) is 14.5. The predicted molar refractivity (Wildman–Crippen MR) is 294 cm³/mol.